The van der Waals surface area contributed by atoms with Gasteiger partial charge in [-0.25, -0.2) is 9.37 Å². The van der Waals surface area contributed by atoms with E-state index in [0.717, 1.165) is 47.4 Å². The average molecular weight is 337 g/mol. The highest BCUT2D eigenvalue weighted by Crippen LogP contribution is 2.44. The number of aromatic nitrogens is 3. The number of nitrogens with zero attached hydrogens (tertiary/aromatic N) is 3. The molecule has 0 atom stereocenters. The van der Waals surface area contributed by atoms with Crippen LogP contribution in [0.4, 0.5) is 4.39 Å². The van der Waals surface area contributed by atoms with Crippen molar-refractivity contribution < 1.29 is 4.39 Å². The van der Waals surface area contributed by atoms with Crippen LogP contribution >= 0.6 is 0 Å². The molecule has 3 nitrogen and oxygen atoms in total. The minimum atomic E-state index is -0.172. The van der Waals surface area contributed by atoms with Crippen LogP contribution in [0, 0.1) is 19.7 Å². The third-order valence-corrected chi connectivity index (χ3v) is 5.57. The zero-order valence-corrected chi connectivity index (χ0v) is 15.4. The Labute approximate surface area is 147 Å². The number of aryl methyl sites for hydroxylation is 3. The molecule has 0 N–H and O–H groups in total. The van der Waals surface area contributed by atoms with E-state index in [1.54, 1.807) is 0 Å². The van der Waals surface area contributed by atoms with Crippen molar-refractivity contribution in [3.05, 3.63) is 47.0 Å². The van der Waals surface area contributed by atoms with Gasteiger partial charge >= 0.3 is 0 Å². The Kier molecular flexibility index (Phi) is 3.67. The summed E-state index contributed by atoms with van der Waals surface area (Å²) in [6, 6.07) is 5.84. The molecular formula is C21H24FN3. The largest absolute Gasteiger partial charge is 0.317 e. The number of rotatable bonds is 3. The highest BCUT2D eigenvalue weighted by molar-refractivity contribution is 5.81. The quantitative estimate of drug-likeness (QED) is 0.648. The van der Waals surface area contributed by atoms with Gasteiger partial charge in [-0.05, 0) is 69.7 Å². The standard InChI is InChI=1S/C21H24FN3/c1-5-15-11-17-18(12-23-15)25(21(4)7-6-8-21)20(24-17)16-10-13(2)9-14(3)19(16)22/h9-12H,5-8H2,1-4H3. The first-order chi connectivity index (χ1) is 11.9. The molecule has 2 aromatic heterocycles. The lowest BCUT2D eigenvalue weighted by Gasteiger charge is -2.41. The molecule has 1 fully saturated rings. The van der Waals surface area contributed by atoms with E-state index < -0.39 is 0 Å². The van der Waals surface area contributed by atoms with Crippen LogP contribution in [0.3, 0.4) is 0 Å². The van der Waals surface area contributed by atoms with Crippen LogP contribution in [0.25, 0.3) is 22.4 Å². The van der Waals surface area contributed by atoms with Gasteiger partial charge in [0.15, 0.2) is 0 Å². The summed E-state index contributed by atoms with van der Waals surface area (Å²) in [5.74, 6) is 0.560. The highest BCUT2D eigenvalue weighted by Gasteiger charge is 2.37. The van der Waals surface area contributed by atoms with E-state index in [0.29, 0.717) is 11.1 Å². The predicted octanol–water partition coefficient (Wildman–Crippen LogP) is 5.32. The van der Waals surface area contributed by atoms with Crippen LogP contribution in [0.15, 0.2) is 24.4 Å². The minimum absolute atomic E-state index is 0.0103. The molecule has 130 valence electrons. The zero-order valence-electron chi connectivity index (χ0n) is 15.4. The Morgan fingerprint density at radius 1 is 1.20 bits per heavy atom. The maximum absolute atomic E-state index is 15.0. The van der Waals surface area contributed by atoms with Crippen molar-refractivity contribution in [2.45, 2.75) is 58.9 Å². The molecule has 0 radical (unpaired) electrons. The summed E-state index contributed by atoms with van der Waals surface area (Å²) in [5, 5.41) is 0. The maximum atomic E-state index is 15.0. The van der Waals surface area contributed by atoms with E-state index >= 15 is 0 Å². The topological polar surface area (TPSA) is 30.7 Å². The van der Waals surface area contributed by atoms with Crippen molar-refractivity contribution in [3.63, 3.8) is 0 Å². The maximum Gasteiger partial charge on any atom is 0.144 e. The van der Waals surface area contributed by atoms with Crippen LogP contribution in [0.1, 0.15) is 49.9 Å². The van der Waals surface area contributed by atoms with Gasteiger partial charge in [-0.15, -0.1) is 0 Å². The number of hydrogen-bond acceptors (Lipinski definition) is 2. The summed E-state index contributed by atoms with van der Waals surface area (Å²) < 4.78 is 17.2. The monoisotopic (exact) mass is 337 g/mol. The molecule has 4 rings (SSSR count). The van der Waals surface area contributed by atoms with Gasteiger partial charge in [0, 0.05) is 11.2 Å². The van der Waals surface area contributed by atoms with Gasteiger partial charge in [0.1, 0.15) is 11.6 Å². The Morgan fingerprint density at radius 2 is 1.96 bits per heavy atom. The molecule has 1 aliphatic carbocycles. The third-order valence-electron chi connectivity index (χ3n) is 5.57. The van der Waals surface area contributed by atoms with E-state index in [1.165, 1.54) is 6.42 Å². The first kappa shape index (κ1) is 16.2. The summed E-state index contributed by atoms with van der Waals surface area (Å²) in [6.07, 6.45) is 6.16. The summed E-state index contributed by atoms with van der Waals surface area (Å²) >= 11 is 0. The lowest BCUT2D eigenvalue weighted by atomic mass is 9.78. The summed E-state index contributed by atoms with van der Waals surface area (Å²) in [4.78, 5) is 9.43. The molecule has 1 aromatic carbocycles. The Hall–Kier alpha value is -2.23. The molecule has 0 amide bonds. The van der Waals surface area contributed by atoms with Gasteiger partial charge in [0.2, 0.25) is 0 Å². The first-order valence-electron chi connectivity index (χ1n) is 9.08. The molecule has 0 bridgehead atoms. The van der Waals surface area contributed by atoms with Gasteiger partial charge in [0.05, 0.1) is 22.8 Å². The van der Waals surface area contributed by atoms with Crippen molar-refractivity contribution in [2.75, 3.05) is 0 Å². The molecule has 4 heteroatoms. The lowest BCUT2D eigenvalue weighted by Crippen LogP contribution is -2.37. The second-order valence-corrected chi connectivity index (χ2v) is 7.58. The number of benzene rings is 1. The molecule has 0 unspecified atom stereocenters. The normalized spacial score (nSPS) is 16.2. The first-order valence-corrected chi connectivity index (χ1v) is 9.08. The van der Waals surface area contributed by atoms with Crippen molar-refractivity contribution in [2.24, 2.45) is 0 Å². The van der Waals surface area contributed by atoms with E-state index in [4.69, 9.17) is 4.98 Å². The van der Waals surface area contributed by atoms with Crippen LogP contribution in [-0.2, 0) is 12.0 Å². The van der Waals surface area contributed by atoms with Gasteiger partial charge in [-0.2, -0.15) is 0 Å². The van der Waals surface area contributed by atoms with E-state index in [1.807, 2.05) is 38.2 Å². The third kappa shape index (κ3) is 2.46. The van der Waals surface area contributed by atoms with Crippen molar-refractivity contribution in [3.8, 4) is 11.4 Å². The van der Waals surface area contributed by atoms with Crippen LogP contribution in [0.5, 0.6) is 0 Å². The van der Waals surface area contributed by atoms with Gasteiger partial charge < -0.3 is 4.57 Å². The van der Waals surface area contributed by atoms with Crippen molar-refractivity contribution in [1.82, 2.24) is 14.5 Å². The molecular weight excluding hydrogens is 313 g/mol. The van der Waals surface area contributed by atoms with Crippen LogP contribution in [-0.4, -0.2) is 14.5 Å². The fourth-order valence-electron chi connectivity index (χ4n) is 3.96. The van der Waals surface area contributed by atoms with Gasteiger partial charge in [-0.1, -0.05) is 13.0 Å². The summed E-state index contributed by atoms with van der Waals surface area (Å²) in [6.45, 7) is 8.16. The molecule has 25 heavy (non-hydrogen) atoms. The van der Waals surface area contributed by atoms with Gasteiger partial charge in [0.25, 0.3) is 0 Å². The van der Waals surface area contributed by atoms with Crippen LogP contribution < -0.4 is 0 Å². The number of halogens is 1. The lowest BCUT2D eigenvalue weighted by molar-refractivity contribution is 0.176. The number of hydrogen-bond donors (Lipinski definition) is 0. The minimum Gasteiger partial charge on any atom is -0.317 e. The van der Waals surface area contributed by atoms with Crippen molar-refractivity contribution in [1.29, 1.82) is 0 Å². The molecule has 0 saturated heterocycles. The predicted molar refractivity (Wildman–Crippen MR) is 99.3 cm³/mol. The SMILES string of the molecule is CCc1cc2nc(-c3cc(C)cc(C)c3F)n(C3(C)CCC3)c2cn1. The molecule has 1 aliphatic rings. The zero-order chi connectivity index (χ0) is 17.8. The van der Waals surface area contributed by atoms with Gasteiger partial charge in [-0.3, -0.25) is 4.98 Å². The fourth-order valence-corrected chi connectivity index (χ4v) is 3.96. The molecule has 2 heterocycles. The van der Waals surface area contributed by atoms with E-state index in [2.05, 4.69) is 23.4 Å². The number of fused-ring (bicyclic) bond motifs is 1. The second kappa shape index (κ2) is 5.65. The second-order valence-electron chi connectivity index (χ2n) is 7.58. The van der Waals surface area contributed by atoms with E-state index in [9.17, 15) is 4.39 Å². The average Bonchev–Trinajstić information content (AvgIpc) is 2.94. The summed E-state index contributed by atoms with van der Waals surface area (Å²) in [5.41, 5.74) is 5.24. The molecule has 3 aromatic rings. The summed E-state index contributed by atoms with van der Waals surface area (Å²) in [7, 11) is 0. The number of imidazole rings is 1. The Balaban J connectivity index is 2.05. The van der Waals surface area contributed by atoms with Crippen LogP contribution in [0.2, 0.25) is 0 Å². The molecule has 1 saturated carbocycles. The molecule has 0 spiro atoms. The Bertz CT molecular complexity index is 967. The van der Waals surface area contributed by atoms with Crippen molar-refractivity contribution >= 4 is 11.0 Å². The number of pyridine rings is 1. The smallest absolute Gasteiger partial charge is 0.144 e. The highest BCUT2D eigenvalue weighted by atomic mass is 19.1. The Morgan fingerprint density at radius 3 is 2.60 bits per heavy atom. The fraction of sp³-hybridized carbons (Fsp3) is 0.429. The molecule has 0 aliphatic heterocycles. The van der Waals surface area contributed by atoms with E-state index in [-0.39, 0.29) is 11.4 Å².